The molecular formula is C14H16BrClN2O. The lowest BCUT2D eigenvalue weighted by Gasteiger charge is -2.26. The zero-order valence-corrected chi connectivity index (χ0v) is 13.1. The van der Waals surface area contributed by atoms with Gasteiger partial charge in [-0.25, -0.2) is 4.98 Å². The Bertz CT molecular complexity index is 590. The summed E-state index contributed by atoms with van der Waals surface area (Å²) < 4.78 is 8.91. The maximum Gasteiger partial charge on any atom is 0.128 e. The molecule has 102 valence electrons. The lowest BCUT2D eigenvalue weighted by atomic mass is 10.1. The van der Waals surface area contributed by atoms with Gasteiger partial charge in [-0.3, -0.25) is 0 Å². The summed E-state index contributed by atoms with van der Waals surface area (Å²) in [6, 6.07) is 6.53. The van der Waals surface area contributed by atoms with Gasteiger partial charge < -0.3 is 9.30 Å². The molecule has 0 amide bonds. The van der Waals surface area contributed by atoms with Crippen LogP contribution in [-0.2, 0) is 4.74 Å². The molecule has 3 rings (SSSR count). The number of hydrogen-bond donors (Lipinski definition) is 0. The zero-order valence-electron chi connectivity index (χ0n) is 10.8. The van der Waals surface area contributed by atoms with Crippen LogP contribution in [0.4, 0.5) is 0 Å². The molecule has 1 aromatic heterocycles. The number of nitrogens with zero attached hydrogens (tertiary/aromatic N) is 2. The van der Waals surface area contributed by atoms with Crippen LogP contribution in [0.5, 0.6) is 0 Å². The second-order valence-corrected chi connectivity index (χ2v) is 6.53. The van der Waals surface area contributed by atoms with Gasteiger partial charge in [-0.1, -0.05) is 15.9 Å². The first kappa shape index (κ1) is 13.4. The summed E-state index contributed by atoms with van der Waals surface area (Å²) >= 11 is 9.80. The van der Waals surface area contributed by atoms with E-state index in [1.165, 1.54) is 0 Å². The Kier molecular flexibility index (Phi) is 3.83. The molecule has 1 saturated heterocycles. The minimum Gasteiger partial charge on any atom is -0.379 e. The summed E-state index contributed by atoms with van der Waals surface area (Å²) in [5, 5.41) is -0.104. The molecule has 2 atom stereocenters. The van der Waals surface area contributed by atoms with Gasteiger partial charge in [-0.2, -0.15) is 0 Å². The Hall–Kier alpha value is -0.580. The third-order valence-electron chi connectivity index (χ3n) is 3.54. The first-order valence-corrected chi connectivity index (χ1v) is 7.79. The van der Waals surface area contributed by atoms with Crippen molar-refractivity contribution in [3.63, 3.8) is 0 Å². The molecule has 5 heteroatoms. The van der Waals surface area contributed by atoms with Crippen LogP contribution in [0.3, 0.4) is 0 Å². The molecule has 0 spiro atoms. The van der Waals surface area contributed by atoms with E-state index in [0.717, 1.165) is 47.4 Å². The van der Waals surface area contributed by atoms with Gasteiger partial charge in [0, 0.05) is 11.1 Å². The monoisotopic (exact) mass is 342 g/mol. The number of rotatable bonds is 2. The minimum absolute atomic E-state index is 0.104. The number of benzene rings is 1. The predicted molar refractivity (Wildman–Crippen MR) is 80.8 cm³/mol. The fourth-order valence-electron chi connectivity index (χ4n) is 2.68. The summed E-state index contributed by atoms with van der Waals surface area (Å²) in [6.45, 7) is 3.58. The van der Waals surface area contributed by atoms with Gasteiger partial charge in [0.05, 0.1) is 29.1 Å². The standard InChI is InChI=1S/C14H16BrClN2O/c1-9(16)14-17-12-7-10(15)4-5-13(12)18(14)11-3-2-6-19-8-11/h4-5,7,9,11H,2-3,6,8H2,1H3. The molecular weight excluding hydrogens is 328 g/mol. The van der Waals surface area contributed by atoms with Crippen LogP contribution in [0.1, 0.15) is 37.0 Å². The van der Waals surface area contributed by atoms with E-state index >= 15 is 0 Å². The topological polar surface area (TPSA) is 27.1 Å². The number of hydrogen-bond acceptors (Lipinski definition) is 2. The molecule has 1 aromatic carbocycles. The van der Waals surface area contributed by atoms with Crippen LogP contribution >= 0.6 is 27.5 Å². The van der Waals surface area contributed by atoms with E-state index in [2.05, 4.69) is 26.6 Å². The zero-order chi connectivity index (χ0) is 13.4. The van der Waals surface area contributed by atoms with Crippen LogP contribution in [0, 0.1) is 0 Å². The fraction of sp³-hybridized carbons (Fsp3) is 0.500. The highest BCUT2D eigenvalue weighted by Gasteiger charge is 2.23. The molecule has 3 nitrogen and oxygen atoms in total. The van der Waals surface area contributed by atoms with Crippen molar-refractivity contribution in [2.24, 2.45) is 0 Å². The van der Waals surface area contributed by atoms with Crippen molar-refractivity contribution >= 4 is 38.6 Å². The van der Waals surface area contributed by atoms with E-state index in [4.69, 9.17) is 21.3 Å². The van der Waals surface area contributed by atoms with Crippen LogP contribution in [0.15, 0.2) is 22.7 Å². The van der Waals surface area contributed by atoms with E-state index in [-0.39, 0.29) is 5.38 Å². The van der Waals surface area contributed by atoms with Crippen molar-refractivity contribution in [3.8, 4) is 0 Å². The van der Waals surface area contributed by atoms with Gasteiger partial charge in [0.2, 0.25) is 0 Å². The number of fused-ring (bicyclic) bond motifs is 1. The summed E-state index contributed by atoms with van der Waals surface area (Å²) in [7, 11) is 0. The van der Waals surface area contributed by atoms with Crippen LogP contribution in [0.25, 0.3) is 11.0 Å². The average Bonchev–Trinajstić information content (AvgIpc) is 2.78. The lowest BCUT2D eigenvalue weighted by Crippen LogP contribution is -2.23. The molecule has 1 aliphatic rings. The number of ether oxygens (including phenoxy) is 1. The van der Waals surface area contributed by atoms with E-state index < -0.39 is 0 Å². The summed E-state index contributed by atoms with van der Waals surface area (Å²) in [6.07, 6.45) is 2.22. The Morgan fingerprint density at radius 3 is 3.05 bits per heavy atom. The molecule has 1 aliphatic heterocycles. The second kappa shape index (κ2) is 5.43. The van der Waals surface area contributed by atoms with Crippen LogP contribution in [-0.4, -0.2) is 22.8 Å². The van der Waals surface area contributed by atoms with Crippen molar-refractivity contribution in [3.05, 3.63) is 28.5 Å². The molecule has 1 fully saturated rings. The molecule has 0 aliphatic carbocycles. The number of halogens is 2. The molecule has 0 bridgehead atoms. The first-order chi connectivity index (χ1) is 9.16. The molecule has 2 aromatic rings. The lowest BCUT2D eigenvalue weighted by molar-refractivity contribution is 0.0595. The van der Waals surface area contributed by atoms with E-state index in [1.807, 2.05) is 19.1 Å². The van der Waals surface area contributed by atoms with Crippen molar-refractivity contribution in [1.29, 1.82) is 0 Å². The van der Waals surface area contributed by atoms with Gasteiger partial charge in [0.25, 0.3) is 0 Å². The normalized spacial score (nSPS) is 21.7. The summed E-state index contributed by atoms with van der Waals surface area (Å²) in [4.78, 5) is 4.69. The maximum absolute atomic E-state index is 6.30. The molecule has 2 heterocycles. The first-order valence-electron chi connectivity index (χ1n) is 6.56. The summed E-state index contributed by atoms with van der Waals surface area (Å²) in [5.41, 5.74) is 2.13. The highest BCUT2D eigenvalue weighted by atomic mass is 79.9. The Morgan fingerprint density at radius 2 is 2.37 bits per heavy atom. The van der Waals surface area contributed by atoms with E-state index in [9.17, 15) is 0 Å². The highest BCUT2D eigenvalue weighted by molar-refractivity contribution is 9.10. The van der Waals surface area contributed by atoms with Crippen molar-refractivity contribution in [2.75, 3.05) is 13.2 Å². The quantitative estimate of drug-likeness (QED) is 0.753. The molecule has 19 heavy (non-hydrogen) atoms. The van der Waals surface area contributed by atoms with Gasteiger partial charge in [0.1, 0.15) is 5.82 Å². The molecule has 0 saturated carbocycles. The largest absolute Gasteiger partial charge is 0.379 e. The molecule has 0 N–H and O–H groups in total. The summed E-state index contributed by atoms with van der Waals surface area (Å²) in [5.74, 6) is 0.935. The van der Waals surface area contributed by atoms with Gasteiger partial charge in [-0.05, 0) is 38.0 Å². The third-order valence-corrected chi connectivity index (χ3v) is 4.22. The molecule has 2 unspecified atom stereocenters. The minimum atomic E-state index is -0.104. The smallest absolute Gasteiger partial charge is 0.128 e. The predicted octanol–water partition coefficient (Wildman–Crippen LogP) is 4.45. The average molecular weight is 344 g/mol. The second-order valence-electron chi connectivity index (χ2n) is 4.96. The third kappa shape index (κ3) is 2.54. The maximum atomic E-state index is 6.30. The van der Waals surface area contributed by atoms with Crippen molar-refractivity contribution in [2.45, 2.75) is 31.2 Å². The van der Waals surface area contributed by atoms with E-state index in [1.54, 1.807) is 0 Å². The number of aromatic nitrogens is 2. The number of imidazole rings is 1. The van der Waals surface area contributed by atoms with Crippen molar-refractivity contribution < 1.29 is 4.74 Å². The van der Waals surface area contributed by atoms with Crippen LogP contribution < -0.4 is 0 Å². The van der Waals surface area contributed by atoms with Crippen molar-refractivity contribution in [1.82, 2.24) is 9.55 Å². The Labute approximate surface area is 126 Å². The van der Waals surface area contributed by atoms with Gasteiger partial charge in [0.15, 0.2) is 0 Å². The highest BCUT2D eigenvalue weighted by Crippen LogP contribution is 2.32. The van der Waals surface area contributed by atoms with E-state index in [0.29, 0.717) is 6.04 Å². The van der Waals surface area contributed by atoms with Gasteiger partial charge in [-0.15, -0.1) is 11.6 Å². The Balaban J connectivity index is 2.15. The van der Waals surface area contributed by atoms with Crippen LogP contribution in [0.2, 0.25) is 0 Å². The Morgan fingerprint density at radius 1 is 1.53 bits per heavy atom. The number of alkyl halides is 1. The molecule has 0 radical (unpaired) electrons. The fourth-order valence-corrected chi connectivity index (χ4v) is 3.19. The SMILES string of the molecule is CC(Cl)c1nc2cc(Br)ccc2n1C1CCCOC1. The van der Waals surface area contributed by atoms with Gasteiger partial charge >= 0.3 is 0 Å².